The van der Waals surface area contributed by atoms with Crippen molar-refractivity contribution in [3.8, 4) is 0 Å². The lowest BCUT2D eigenvalue weighted by Gasteiger charge is -2.37. The van der Waals surface area contributed by atoms with Gasteiger partial charge in [0.15, 0.2) is 0 Å². The fourth-order valence-corrected chi connectivity index (χ4v) is 1.98. The third-order valence-electron chi connectivity index (χ3n) is 3.05. The summed E-state index contributed by atoms with van der Waals surface area (Å²) in [5.74, 6) is 0. The Bertz CT molecular complexity index is 528. The highest BCUT2D eigenvalue weighted by Gasteiger charge is 2.59. The number of aryl methyl sites for hydroxylation is 1. The number of halogens is 3. The lowest BCUT2D eigenvalue weighted by atomic mass is 9.90. The zero-order chi connectivity index (χ0) is 13.7. The van der Waals surface area contributed by atoms with Gasteiger partial charge in [-0.25, -0.2) is 4.79 Å². The molecular weight excluding hydrogens is 249 g/mol. The Labute approximate surface area is 101 Å². The highest BCUT2D eigenvalue weighted by atomic mass is 19.4. The molecule has 18 heavy (non-hydrogen) atoms. The quantitative estimate of drug-likeness (QED) is 0.669. The van der Waals surface area contributed by atoms with Crippen LogP contribution in [0.25, 0.3) is 0 Å². The van der Waals surface area contributed by atoms with Gasteiger partial charge in [-0.2, -0.15) is 13.2 Å². The zero-order valence-electron chi connectivity index (χ0n) is 9.64. The van der Waals surface area contributed by atoms with Crippen molar-refractivity contribution in [3.05, 3.63) is 28.8 Å². The van der Waals surface area contributed by atoms with Gasteiger partial charge < -0.3 is 10.4 Å². The first-order valence-corrected chi connectivity index (χ1v) is 5.16. The number of anilines is 1. The van der Waals surface area contributed by atoms with Gasteiger partial charge in [-0.3, -0.25) is 5.32 Å². The molecule has 0 saturated heterocycles. The maximum atomic E-state index is 13.0. The van der Waals surface area contributed by atoms with Crippen LogP contribution in [0.15, 0.2) is 12.1 Å². The molecule has 1 aromatic carbocycles. The van der Waals surface area contributed by atoms with Crippen molar-refractivity contribution in [2.24, 2.45) is 0 Å². The fourth-order valence-electron chi connectivity index (χ4n) is 1.98. The van der Waals surface area contributed by atoms with Crippen LogP contribution in [-0.2, 0) is 5.72 Å². The van der Waals surface area contributed by atoms with Crippen LogP contribution in [0.5, 0.6) is 0 Å². The number of rotatable bonds is 0. The summed E-state index contributed by atoms with van der Waals surface area (Å²) in [6.07, 6.45) is -5.00. The zero-order valence-corrected chi connectivity index (χ0v) is 9.64. The smallest absolute Gasteiger partial charge is 0.360 e. The average molecular weight is 260 g/mol. The molecule has 1 atom stereocenters. The monoisotopic (exact) mass is 260 g/mol. The standard InChI is InChI=1S/C11H11F3N2O2/c1-5-3-4-7-8(6(5)2)10(18,11(12,13)14)16-9(17)15-7/h3-4,18H,1-2H3,(H2,15,16,17). The first-order valence-electron chi connectivity index (χ1n) is 5.16. The number of amides is 2. The lowest BCUT2D eigenvalue weighted by Crippen LogP contribution is -2.60. The second kappa shape index (κ2) is 3.61. The van der Waals surface area contributed by atoms with Crippen molar-refractivity contribution in [3.63, 3.8) is 0 Å². The van der Waals surface area contributed by atoms with Gasteiger partial charge in [0.2, 0.25) is 0 Å². The highest BCUT2D eigenvalue weighted by Crippen LogP contribution is 2.44. The maximum absolute atomic E-state index is 13.0. The molecule has 1 unspecified atom stereocenters. The summed E-state index contributed by atoms with van der Waals surface area (Å²) >= 11 is 0. The van der Waals surface area contributed by atoms with Gasteiger partial charge in [0.05, 0.1) is 5.69 Å². The van der Waals surface area contributed by atoms with E-state index in [9.17, 15) is 23.1 Å². The predicted molar refractivity (Wildman–Crippen MR) is 58.0 cm³/mol. The largest absolute Gasteiger partial charge is 0.441 e. The Morgan fingerprint density at radius 1 is 1.28 bits per heavy atom. The summed E-state index contributed by atoms with van der Waals surface area (Å²) in [5, 5.41) is 13.6. The number of benzene rings is 1. The van der Waals surface area contributed by atoms with Crippen molar-refractivity contribution in [1.29, 1.82) is 0 Å². The summed E-state index contributed by atoms with van der Waals surface area (Å²) in [7, 11) is 0. The van der Waals surface area contributed by atoms with Gasteiger partial charge in [-0.05, 0) is 31.0 Å². The van der Waals surface area contributed by atoms with Gasteiger partial charge in [0.25, 0.3) is 5.72 Å². The summed E-state index contributed by atoms with van der Waals surface area (Å²) in [6.45, 7) is 3.09. The van der Waals surface area contributed by atoms with E-state index in [4.69, 9.17) is 0 Å². The molecule has 1 aliphatic rings. The van der Waals surface area contributed by atoms with Gasteiger partial charge in [0.1, 0.15) is 0 Å². The number of fused-ring (bicyclic) bond motifs is 1. The van der Waals surface area contributed by atoms with Crippen LogP contribution in [0, 0.1) is 13.8 Å². The molecule has 3 N–H and O–H groups in total. The molecule has 1 aromatic rings. The second-order valence-corrected chi connectivity index (χ2v) is 4.22. The number of nitrogens with one attached hydrogen (secondary N) is 2. The van der Waals surface area contributed by atoms with Gasteiger partial charge in [-0.1, -0.05) is 6.07 Å². The molecule has 1 heterocycles. The van der Waals surface area contributed by atoms with Crippen LogP contribution in [0.2, 0.25) is 0 Å². The average Bonchev–Trinajstić information content (AvgIpc) is 2.21. The molecule has 0 aromatic heterocycles. The summed E-state index contributed by atoms with van der Waals surface area (Å²) < 4.78 is 39.0. The van der Waals surface area contributed by atoms with E-state index in [1.54, 1.807) is 13.0 Å². The van der Waals surface area contributed by atoms with E-state index >= 15 is 0 Å². The Morgan fingerprint density at radius 3 is 2.44 bits per heavy atom. The summed E-state index contributed by atoms with van der Waals surface area (Å²) in [6, 6.07) is 1.83. The molecule has 1 aliphatic heterocycles. The number of alkyl halides is 3. The number of carbonyl (C=O) groups is 1. The molecular formula is C11H11F3N2O2. The van der Waals surface area contributed by atoms with E-state index < -0.39 is 17.9 Å². The molecule has 7 heteroatoms. The number of carbonyl (C=O) groups excluding carboxylic acids is 1. The minimum atomic E-state index is -5.00. The van der Waals surface area contributed by atoms with Crippen molar-refractivity contribution in [2.45, 2.75) is 25.7 Å². The van der Waals surface area contributed by atoms with Crippen LogP contribution >= 0.6 is 0 Å². The van der Waals surface area contributed by atoms with Gasteiger partial charge in [0, 0.05) is 5.56 Å². The minimum absolute atomic E-state index is 0.0401. The summed E-state index contributed by atoms with van der Waals surface area (Å²) in [5.41, 5.74) is -2.90. The Balaban J connectivity index is 2.75. The lowest BCUT2D eigenvalue weighted by molar-refractivity contribution is -0.275. The molecule has 98 valence electrons. The molecule has 4 nitrogen and oxygen atoms in total. The van der Waals surface area contributed by atoms with E-state index in [1.165, 1.54) is 18.3 Å². The first-order chi connectivity index (χ1) is 8.17. The number of urea groups is 1. The fraction of sp³-hybridized carbons (Fsp3) is 0.364. The van der Waals surface area contributed by atoms with Gasteiger partial charge >= 0.3 is 12.2 Å². The van der Waals surface area contributed by atoms with Gasteiger partial charge in [-0.15, -0.1) is 0 Å². The van der Waals surface area contributed by atoms with Crippen LogP contribution in [0.1, 0.15) is 16.7 Å². The van der Waals surface area contributed by atoms with Crippen molar-refractivity contribution < 1.29 is 23.1 Å². The highest BCUT2D eigenvalue weighted by molar-refractivity contribution is 5.94. The van der Waals surface area contributed by atoms with Crippen molar-refractivity contribution >= 4 is 11.7 Å². The second-order valence-electron chi connectivity index (χ2n) is 4.22. The van der Waals surface area contributed by atoms with E-state index in [-0.39, 0.29) is 16.8 Å². The Hall–Kier alpha value is -1.76. The van der Waals surface area contributed by atoms with Crippen LogP contribution in [0.3, 0.4) is 0 Å². The van der Waals surface area contributed by atoms with E-state index in [1.807, 2.05) is 0 Å². The number of hydrogen-bond acceptors (Lipinski definition) is 2. The Morgan fingerprint density at radius 2 is 1.89 bits per heavy atom. The molecule has 0 saturated carbocycles. The SMILES string of the molecule is Cc1ccc2c(c1C)C(O)(C(F)(F)F)NC(=O)N2. The maximum Gasteiger partial charge on any atom is 0.441 e. The molecule has 0 fully saturated rings. The van der Waals surface area contributed by atoms with Crippen molar-refractivity contribution in [2.75, 3.05) is 5.32 Å². The topological polar surface area (TPSA) is 61.4 Å². The minimum Gasteiger partial charge on any atom is -0.360 e. The Kier molecular flexibility index (Phi) is 2.55. The van der Waals surface area contributed by atoms with E-state index in [0.29, 0.717) is 5.56 Å². The molecule has 0 radical (unpaired) electrons. The van der Waals surface area contributed by atoms with Crippen LogP contribution < -0.4 is 10.6 Å². The third kappa shape index (κ3) is 1.62. The third-order valence-corrected chi connectivity index (χ3v) is 3.05. The molecule has 0 bridgehead atoms. The number of aliphatic hydroxyl groups is 1. The normalized spacial score (nSPS) is 23.1. The molecule has 2 amide bonds. The molecule has 2 rings (SSSR count). The van der Waals surface area contributed by atoms with Crippen LogP contribution in [0.4, 0.5) is 23.7 Å². The summed E-state index contributed by atoms with van der Waals surface area (Å²) in [4.78, 5) is 11.2. The predicted octanol–water partition coefficient (Wildman–Crippen LogP) is 2.15. The van der Waals surface area contributed by atoms with Crippen molar-refractivity contribution in [1.82, 2.24) is 5.32 Å². The van der Waals surface area contributed by atoms with E-state index in [2.05, 4.69) is 5.32 Å². The number of hydrogen-bond donors (Lipinski definition) is 3. The molecule has 0 aliphatic carbocycles. The molecule has 0 spiro atoms. The van der Waals surface area contributed by atoms with Crippen LogP contribution in [-0.4, -0.2) is 17.3 Å². The van der Waals surface area contributed by atoms with E-state index in [0.717, 1.165) is 0 Å². The first kappa shape index (κ1) is 12.7.